The van der Waals surface area contributed by atoms with Crippen LogP contribution in [-0.4, -0.2) is 24.4 Å². The molecule has 0 aliphatic rings. The fraction of sp³-hybridized carbons (Fsp3) is 0.188. The number of aldehydes is 1. The van der Waals surface area contributed by atoms with E-state index in [2.05, 4.69) is 0 Å². The van der Waals surface area contributed by atoms with Gasteiger partial charge in [-0.1, -0.05) is 18.2 Å². The summed E-state index contributed by atoms with van der Waals surface area (Å²) in [6.45, 7) is 3.38. The Morgan fingerprint density at radius 2 is 1.52 bits per heavy atom. The molecule has 0 amide bonds. The Kier molecular flexibility index (Phi) is 9.63. The van der Waals surface area contributed by atoms with Crippen LogP contribution >= 0.6 is 0 Å². The molecule has 0 aliphatic heterocycles. The summed E-state index contributed by atoms with van der Waals surface area (Å²) < 4.78 is 56.9. The summed E-state index contributed by atoms with van der Waals surface area (Å²) in [7, 11) is -4.93. The topological polar surface area (TPSA) is 94.5 Å². The number of carbonyl (C=O) groups is 1. The van der Waals surface area contributed by atoms with E-state index in [4.69, 9.17) is 5.11 Å². The van der Waals surface area contributed by atoms with Crippen molar-refractivity contribution in [3.8, 4) is 0 Å². The zero-order valence-corrected chi connectivity index (χ0v) is 16.7. The molecule has 0 spiro atoms. The van der Waals surface area contributed by atoms with Gasteiger partial charge in [-0.2, -0.15) is 0 Å². The molecule has 130 valence electrons. The Morgan fingerprint density at radius 3 is 1.92 bits per heavy atom. The molecule has 0 bridgehead atoms. The number of benzene rings is 2. The summed E-state index contributed by atoms with van der Waals surface area (Å²) in [5.41, 5.74) is -1.36. The Morgan fingerprint density at radius 1 is 1.04 bits per heavy atom. The van der Waals surface area contributed by atoms with E-state index in [0.29, 0.717) is 11.8 Å². The van der Waals surface area contributed by atoms with Crippen molar-refractivity contribution in [3.63, 3.8) is 0 Å². The Labute approximate surface area is 166 Å². The van der Waals surface area contributed by atoms with Gasteiger partial charge in [0.05, 0.1) is 5.56 Å². The molecular formula is C16H15F2NaO5S. The average molecular weight is 380 g/mol. The van der Waals surface area contributed by atoms with Crippen molar-refractivity contribution in [3.05, 3.63) is 70.3 Å². The minimum Gasteiger partial charge on any atom is -0.746 e. The van der Waals surface area contributed by atoms with Crippen molar-refractivity contribution >= 4 is 16.4 Å². The molecule has 25 heavy (non-hydrogen) atoms. The maximum Gasteiger partial charge on any atom is 1.00 e. The summed E-state index contributed by atoms with van der Waals surface area (Å²) in [6.07, 6.45) is 0.509. The molecule has 0 fully saturated rings. The summed E-state index contributed by atoms with van der Waals surface area (Å²) in [5.74, 6) is -1.35. The van der Waals surface area contributed by atoms with Gasteiger partial charge < -0.3 is 9.66 Å². The van der Waals surface area contributed by atoms with E-state index < -0.39 is 32.8 Å². The minimum absolute atomic E-state index is 0. The number of carbonyl (C=O) groups excluding carboxylic acids is 1. The molecule has 1 unspecified atom stereocenters. The van der Waals surface area contributed by atoms with Crippen LogP contribution in [0.5, 0.6) is 0 Å². The van der Waals surface area contributed by atoms with Gasteiger partial charge in [0.15, 0.2) is 11.7 Å². The number of aliphatic hydroxyl groups excluding tert-OH is 1. The molecule has 2 aromatic rings. The normalized spacial score (nSPS) is 11.6. The molecule has 5 nitrogen and oxygen atoms in total. The van der Waals surface area contributed by atoms with Crippen LogP contribution in [0.15, 0.2) is 36.4 Å². The van der Waals surface area contributed by atoms with Crippen molar-refractivity contribution in [2.75, 3.05) is 0 Å². The van der Waals surface area contributed by atoms with Crippen molar-refractivity contribution in [2.24, 2.45) is 0 Å². The van der Waals surface area contributed by atoms with Crippen LogP contribution in [0, 0.1) is 25.5 Å². The molecule has 0 saturated heterocycles. The third kappa shape index (κ3) is 7.31. The molecule has 0 radical (unpaired) electrons. The van der Waals surface area contributed by atoms with Gasteiger partial charge in [-0.3, -0.25) is 4.79 Å². The predicted octanol–water partition coefficient (Wildman–Crippen LogP) is -0.379. The summed E-state index contributed by atoms with van der Waals surface area (Å²) >= 11 is 0. The fourth-order valence-corrected chi connectivity index (χ4v) is 2.22. The Bertz CT molecular complexity index is 840. The maximum absolute atomic E-state index is 13.1. The third-order valence-corrected chi connectivity index (χ3v) is 3.78. The largest absolute Gasteiger partial charge is 1.00 e. The van der Waals surface area contributed by atoms with E-state index in [0.717, 1.165) is 17.7 Å². The monoisotopic (exact) mass is 380 g/mol. The van der Waals surface area contributed by atoms with E-state index in [1.165, 1.54) is 18.2 Å². The Balaban J connectivity index is 0.000000465. The van der Waals surface area contributed by atoms with Crippen molar-refractivity contribution < 1.29 is 61.2 Å². The fourth-order valence-electron chi connectivity index (χ4n) is 1.72. The SMILES string of the molecule is Cc1ccc(C(O)S(=O)(=O)[O-])c(F)c1.Cc1ccc(C=O)c(F)c1.[Na+]. The van der Waals surface area contributed by atoms with Gasteiger partial charge in [-0.15, -0.1) is 0 Å². The second-order valence-electron chi connectivity index (χ2n) is 5.01. The van der Waals surface area contributed by atoms with Gasteiger partial charge in [0.1, 0.15) is 21.8 Å². The van der Waals surface area contributed by atoms with Gasteiger partial charge >= 0.3 is 29.6 Å². The van der Waals surface area contributed by atoms with Crippen LogP contribution in [-0.2, 0) is 10.1 Å². The van der Waals surface area contributed by atoms with Crippen LogP contribution in [0.2, 0.25) is 0 Å². The molecule has 9 heteroatoms. The predicted molar refractivity (Wildman–Crippen MR) is 82.3 cm³/mol. The zero-order chi connectivity index (χ0) is 18.5. The quantitative estimate of drug-likeness (QED) is 0.445. The van der Waals surface area contributed by atoms with E-state index in [1.807, 2.05) is 0 Å². The summed E-state index contributed by atoms with van der Waals surface area (Å²) in [6, 6.07) is 8.04. The van der Waals surface area contributed by atoms with Crippen LogP contribution in [0.25, 0.3) is 0 Å². The number of aryl methyl sites for hydroxylation is 2. The van der Waals surface area contributed by atoms with Gasteiger partial charge in [0.25, 0.3) is 0 Å². The molecule has 2 aromatic carbocycles. The van der Waals surface area contributed by atoms with E-state index >= 15 is 0 Å². The molecule has 0 aromatic heterocycles. The summed E-state index contributed by atoms with van der Waals surface area (Å²) in [4.78, 5) is 10.1. The second-order valence-corrected chi connectivity index (χ2v) is 6.45. The zero-order valence-electron chi connectivity index (χ0n) is 13.9. The maximum atomic E-state index is 13.1. The molecule has 0 saturated carbocycles. The number of halogens is 2. The molecule has 0 aliphatic carbocycles. The van der Waals surface area contributed by atoms with Crippen molar-refractivity contribution in [1.82, 2.24) is 0 Å². The first-order chi connectivity index (χ1) is 11.1. The molecule has 2 rings (SSSR count). The van der Waals surface area contributed by atoms with Crippen LogP contribution in [0.3, 0.4) is 0 Å². The third-order valence-electron chi connectivity index (χ3n) is 2.98. The molecule has 0 heterocycles. The average Bonchev–Trinajstić information content (AvgIpc) is 2.46. The molecule has 1 N–H and O–H groups in total. The smallest absolute Gasteiger partial charge is 0.746 e. The Hall–Kier alpha value is -1.16. The summed E-state index contributed by atoms with van der Waals surface area (Å²) in [5, 5.41) is 8.99. The van der Waals surface area contributed by atoms with Crippen molar-refractivity contribution in [1.29, 1.82) is 0 Å². The van der Waals surface area contributed by atoms with Crippen LogP contribution < -0.4 is 29.6 Å². The molecule has 1 atom stereocenters. The second kappa shape index (κ2) is 10.1. The van der Waals surface area contributed by atoms with Gasteiger partial charge in [-0.05, 0) is 43.2 Å². The standard InChI is InChI=1S/C8H9FO4S.C8H7FO.Na/c1-5-2-3-6(7(9)4-5)8(10)14(11,12)13;1-6-2-3-7(5-10)8(9)4-6;/h2-4,8,10H,1H3,(H,11,12,13);2-5H,1H3;/q;;+1/p-1. The van der Waals surface area contributed by atoms with Gasteiger partial charge in [0.2, 0.25) is 0 Å². The van der Waals surface area contributed by atoms with Crippen LogP contribution in [0.4, 0.5) is 8.78 Å². The first-order valence-corrected chi connectivity index (χ1v) is 8.13. The van der Waals surface area contributed by atoms with Crippen molar-refractivity contribution in [2.45, 2.75) is 19.3 Å². The first-order valence-electron chi connectivity index (χ1n) is 6.66. The number of hydrogen-bond donors (Lipinski definition) is 1. The number of rotatable bonds is 3. The molecular weight excluding hydrogens is 365 g/mol. The van der Waals surface area contributed by atoms with E-state index in [9.17, 15) is 26.5 Å². The van der Waals surface area contributed by atoms with Crippen LogP contribution in [0.1, 0.15) is 32.5 Å². The van der Waals surface area contributed by atoms with E-state index in [-0.39, 0.29) is 35.1 Å². The number of aliphatic hydroxyl groups is 1. The minimum atomic E-state index is -4.93. The van der Waals surface area contributed by atoms with Gasteiger partial charge in [0, 0.05) is 5.56 Å². The first kappa shape index (κ1) is 23.8. The van der Waals surface area contributed by atoms with E-state index in [1.54, 1.807) is 19.9 Å². The van der Waals surface area contributed by atoms with Gasteiger partial charge in [-0.25, -0.2) is 17.2 Å². The number of hydrogen-bond acceptors (Lipinski definition) is 5.